The monoisotopic (exact) mass is 329 g/mol. The Bertz CT molecular complexity index is 1110. The summed E-state index contributed by atoms with van der Waals surface area (Å²) in [5.74, 6) is -0.689. The average molecular weight is 329 g/mol. The van der Waals surface area contributed by atoms with Crippen molar-refractivity contribution in [3.63, 3.8) is 0 Å². The minimum atomic E-state index is -0.348. The Balaban J connectivity index is 1.80. The first-order valence-electron chi connectivity index (χ1n) is 8.27. The minimum absolute atomic E-state index is 0.342. The first-order chi connectivity index (χ1) is 12.2. The van der Waals surface area contributed by atoms with E-state index in [-0.39, 0.29) is 11.8 Å². The number of allylic oxidation sites excluding steroid dienone is 1. The average Bonchev–Trinajstić information content (AvgIpc) is 3.30. The molecule has 5 heteroatoms. The third kappa shape index (κ3) is 1.96. The van der Waals surface area contributed by atoms with Crippen LogP contribution in [-0.4, -0.2) is 21.8 Å². The first-order valence-corrected chi connectivity index (χ1v) is 8.27. The van der Waals surface area contributed by atoms with Crippen molar-refractivity contribution < 1.29 is 9.59 Å². The SMILES string of the molecule is O=C1NC(=O)C(c2c[nH]c3ccccc23)=C1c1c[nH]c2c1C=CCC2. The molecule has 2 amide bonds. The Labute approximate surface area is 143 Å². The molecule has 0 unspecified atom stereocenters. The normalized spacial score (nSPS) is 16.6. The summed E-state index contributed by atoms with van der Waals surface area (Å²) in [5, 5.41) is 3.39. The molecule has 3 aromatic rings. The van der Waals surface area contributed by atoms with Crippen molar-refractivity contribution in [2.45, 2.75) is 12.8 Å². The highest BCUT2D eigenvalue weighted by Gasteiger charge is 2.35. The number of hydrogen-bond donors (Lipinski definition) is 3. The van der Waals surface area contributed by atoms with Crippen LogP contribution in [0.4, 0.5) is 0 Å². The van der Waals surface area contributed by atoms with Gasteiger partial charge in [-0.05, 0) is 18.9 Å². The van der Waals surface area contributed by atoms with Crippen molar-refractivity contribution in [2.24, 2.45) is 0 Å². The molecule has 0 saturated heterocycles. The fourth-order valence-corrected chi connectivity index (χ4v) is 3.76. The van der Waals surface area contributed by atoms with E-state index in [2.05, 4.69) is 21.4 Å². The number of para-hydroxylation sites is 1. The highest BCUT2D eigenvalue weighted by atomic mass is 16.2. The minimum Gasteiger partial charge on any atom is -0.364 e. The van der Waals surface area contributed by atoms with Gasteiger partial charge in [-0.1, -0.05) is 30.4 Å². The van der Waals surface area contributed by atoms with Crippen molar-refractivity contribution >= 4 is 39.9 Å². The number of aromatic nitrogens is 2. The third-order valence-corrected chi connectivity index (χ3v) is 4.91. The molecule has 1 aromatic carbocycles. The smallest absolute Gasteiger partial charge is 0.259 e. The van der Waals surface area contributed by atoms with Crippen molar-refractivity contribution in [1.82, 2.24) is 15.3 Å². The second kappa shape index (κ2) is 5.08. The van der Waals surface area contributed by atoms with E-state index in [0.717, 1.165) is 46.1 Å². The Morgan fingerprint density at radius 1 is 0.880 bits per heavy atom. The fourth-order valence-electron chi connectivity index (χ4n) is 3.76. The lowest BCUT2D eigenvalue weighted by Gasteiger charge is -2.08. The van der Waals surface area contributed by atoms with Gasteiger partial charge in [0, 0.05) is 45.7 Å². The van der Waals surface area contributed by atoms with E-state index in [1.165, 1.54) is 0 Å². The predicted octanol–water partition coefficient (Wildman–Crippen LogP) is 3.02. The maximum Gasteiger partial charge on any atom is 0.259 e. The molecule has 2 aliphatic rings. The molecule has 3 N–H and O–H groups in total. The number of rotatable bonds is 2. The van der Waals surface area contributed by atoms with Crippen LogP contribution >= 0.6 is 0 Å². The van der Waals surface area contributed by atoms with Crippen LogP contribution in [0.5, 0.6) is 0 Å². The van der Waals surface area contributed by atoms with Gasteiger partial charge >= 0.3 is 0 Å². The van der Waals surface area contributed by atoms with Gasteiger partial charge in [0.15, 0.2) is 0 Å². The molecular weight excluding hydrogens is 314 g/mol. The van der Waals surface area contributed by atoms with Crippen LogP contribution in [0.3, 0.4) is 0 Å². The molecule has 0 fully saturated rings. The second-order valence-electron chi connectivity index (χ2n) is 6.32. The molecule has 0 radical (unpaired) electrons. The number of carbonyl (C=O) groups is 2. The number of hydrogen-bond acceptors (Lipinski definition) is 2. The number of imide groups is 1. The zero-order valence-corrected chi connectivity index (χ0v) is 13.3. The highest BCUT2D eigenvalue weighted by molar-refractivity contribution is 6.50. The van der Waals surface area contributed by atoms with Crippen molar-refractivity contribution in [2.75, 3.05) is 0 Å². The van der Waals surface area contributed by atoms with Crippen LogP contribution < -0.4 is 5.32 Å². The van der Waals surface area contributed by atoms with Gasteiger partial charge in [-0.25, -0.2) is 0 Å². The molecule has 25 heavy (non-hydrogen) atoms. The number of amides is 2. The molecule has 0 spiro atoms. The van der Waals surface area contributed by atoms with Gasteiger partial charge in [0.05, 0.1) is 11.1 Å². The fraction of sp³-hybridized carbons (Fsp3) is 0.100. The first kappa shape index (κ1) is 14.0. The summed E-state index contributed by atoms with van der Waals surface area (Å²) in [5.41, 5.74) is 5.46. The Kier molecular flexibility index (Phi) is 2.85. The Morgan fingerprint density at radius 3 is 2.52 bits per heavy atom. The lowest BCUT2D eigenvalue weighted by Crippen LogP contribution is -2.22. The summed E-state index contributed by atoms with van der Waals surface area (Å²) in [6, 6.07) is 7.77. The van der Waals surface area contributed by atoms with E-state index in [9.17, 15) is 9.59 Å². The number of benzene rings is 1. The molecular formula is C20H15N3O2. The molecule has 3 heterocycles. The van der Waals surface area contributed by atoms with Gasteiger partial charge in [-0.15, -0.1) is 0 Å². The van der Waals surface area contributed by atoms with Crippen LogP contribution in [0.25, 0.3) is 28.1 Å². The van der Waals surface area contributed by atoms with Crippen LogP contribution in [-0.2, 0) is 16.0 Å². The van der Waals surface area contributed by atoms with Crippen LogP contribution in [0.1, 0.15) is 28.8 Å². The van der Waals surface area contributed by atoms with E-state index in [1.807, 2.05) is 36.5 Å². The summed E-state index contributed by atoms with van der Waals surface area (Å²) < 4.78 is 0. The molecule has 5 rings (SSSR count). The van der Waals surface area contributed by atoms with Gasteiger partial charge in [0.2, 0.25) is 0 Å². The summed E-state index contributed by atoms with van der Waals surface area (Å²) in [6.45, 7) is 0. The summed E-state index contributed by atoms with van der Waals surface area (Å²) >= 11 is 0. The van der Waals surface area contributed by atoms with Gasteiger partial charge < -0.3 is 9.97 Å². The molecule has 1 aliphatic carbocycles. The zero-order chi connectivity index (χ0) is 17.0. The molecule has 1 aliphatic heterocycles. The lowest BCUT2D eigenvalue weighted by molar-refractivity contribution is -0.122. The van der Waals surface area contributed by atoms with Crippen LogP contribution in [0, 0.1) is 0 Å². The van der Waals surface area contributed by atoms with Crippen molar-refractivity contribution in [3.8, 4) is 0 Å². The standard InChI is InChI=1S/C20H15N3O2/c24-19-17(13-9-21-15-7-3-1-5-11(13)15)18(20(25)23-19)14-10-22-16-8-4-2-6-12(14)16/h1-3,5-7,9-10,21-22H,4,8H2,(H,23,24,25). The lowest BCUT2D eigenvalue weighted by atomic mass is 9.92. The van der Waals surface area contributed by atoms with E-state index in [4.69, 9.17) is 0 Å². The summed E-state index contributed by atoms with van der Waals surface area (Å²) in [4.78, 5) is 31.6. The van der Waals surface area contributed by atoms with Gasteiger partial charge in [0.25, 0.3) is 11.8 Å². The molecule has 0 saturated carbocycles. The second-order valence-corrected chi connectivity index (χ2v) is 6.32. The number of fused-ring (bicyclic) bond motifs is 2. The molecule has 122 valence electrons. The van der Waals surface area contributed by atoms with Gasteiger partial charge in [-0.3, -0.25) is 14.9 Å². The van der Waals surface area contributed by atoms with E-state index >= 15 is 0 Å². The topological polar surface area (TPSA) is 77.8 Å². The Morgan fingerprint density at radius 2 is 1.64 bits per heavy atom. The molecule has 2 aromatic heterocycles. The highest BCUT2D eigenvalue weighted by Crippen LogP contribution is 2.37. The van der Waals surface area contributed by atoms with E-state index < -0.39 is 0 Å². The largest absolute Gasteiger partial charge is 0.364 e. The predicted molar refractivity (Wildman–Crippen MR) is 96.4 cm³/mol. The summed E-state index contributed by atoms with van der Waals surface area (Å²) in [7, 11) is 0. The van der Waals surface area contributed by atoms with Gasteiger partial charge in [-0.2, -0.15) is 0 Å². The maximum atomic E-state index is 12.6. The number of aromatic amines is 2. The van der Waals surface area contributed by atoms with Crippen LogP contribution in [0.15, 0.2) is 42.7 Å². The van der Waals surface area contributed by atoms with Crippen molar-refractivity contribution in [3.05, 3.63) is 65.1 Å². The van der Waals surface area contributed by atoms with E-state index in [1.54, 1.807) is 6.20 Å². The quantitative estimate of drug-likeness (QED) is 0.632. The molecule has 0 atom stereocenters. The number of aryl methyl sites for hydroxylation is 1. The zero-order valence-electron chi connectivity index (χ0n) is 13.3. The Hall–Kier alpha value is -3.34. The maximum absolute atomic E-state index is 12.6. The van der Waals surface area contributed by atoms with E-state index in [0.29, 0.717) is 11.1 Å². The summed E-state index contributed by atoms with van der Waals surface area (Å²) in [6.07, 6.45) is 9.65. The van der Waals surface area contributed by atoms with Crippen molar-refractivity contribution in [1.29, 1.82) is 0 Å². The number of nitrogens with one attached hydrogen (secondary N) is 3. The molecule has 0 bridgehead atoms. The molecule has 5 nitrogen and oxygen atoms in total. The number of carbonyl (C=O) groups excluding carboxylic acids is 2. The van der Waals surface area contributed by atoms with Gasteiger partial charge in [0.1, 0.15) is 0 Å². The third-order valence-electron chi connectivity index (χ3n) is 4.91. The van der Waals surface area contributed by atoms with Crippen LogP contribution in [0.2, 0.25) is 0 Å². The number of H-pyrrole nitrogens is 2.